The third kappa shape index (κ3) is 2.28. The van der Waals surface area contributed by atoms with Crippen LogP contribution in [-0.4, -0.2) is 39.6 Å². The first-order valence-corrected chi connectivity index (χ1v) is 6.08. The third-order valence-corrected chi connectivity index (χ3v) is 3.25. The summed E-state index contributed by atoms with van der Waals surface area (Å²) in [4.78, 5) is 24.3. The zero-order valence-corrected chi connectivity index (χ0v) is 10.9. The maximum absolute atomic E-state index is 11.7. The van der Waals surface area contributed by atoms with Crippen molar-refractivity contribution < 1.29 is 9.59 Å². The molecule has 0 bridgehead atoms. The van der Waals surface area contributed by atoms with Crippen LogP contribution in [0.5, 0.6) is 0 Å². The van der Waals surface area contributed by atoms with Crippen LogP contribution in [-0.2, 0) is 29.6 Å². The van der Waals surface area contributed by atoms with Crippen LogP contribution in [0.2, 0.25) is 0 Å². The molecule has 1 N–H and O–H groups in total. The van der Waals surface area contributed by atoms with E-state index in [2.05, 4.69) is 10.4 Å². The number of hydrogen-bond acceptors (Lipinski definition) is 4. The summed E-state index contributed by atoms with van der Waals surface area (Å²) < 4.78 is 1.77. The summed E-state index contributed by atoms with van der Waals surface area (Å²) in [5.41, 5.74) is 2.10. The van der Waals surface area contributed by atoms with Crippen LogP contribution >= 0.6 is 0 Å². The number of aromatic nitrogens is 2. The van der Waals surface area contributed by atoms with E-state index in [1.807, 2.05) is 20.2 Å². The van der Waals surface area contributed by atoms with Gasteiger partial charge in [-0.1, -0.05) is 6.92 Å². The van der Waals surface area contributed by atoms with Gasteiger partial charge in [-0.3, -0.25) is 19.2 Å². The molecule has 1 saturated heterocycles. The van der Waals surface area contributed by atoms with Gasteiger partial charge >= 0.3 is 0 Å². The molecule has 0 aromatic carbocycles. The number of likely N-dealkylation sites (tertiary alicyclic amines) is 1. The van der Waals surface area contributed by atoms with Crippen LogP contribution in [0.1, 0.15) is 24.6 Å². The van der Waals surface area contributed by atoms with Crippen LogP contribution in [0, 0.1) is 0 Å². The predicted molar refractivity (Wildman–Crippen MR) is 65.6 cm³/mol. The van der Waals surface area contributed by atoms with E-state index in [1.165, 1.54) is 11.9 Å². The Labute approximate surface area is 106 Å². The van der Waals surface area contributed by atoms with Gasteiger partial charge in [0.05, 0.1) is 18.2 Å². The molecule has 98 valence electrons. The van der Waals surface area contributed by atoms with Crippen molar-refractivity contribution in [3.63, 3.8) is 0 Å². The number of nitrogens with zero attached hydrogens (tertiary/aromatic N) is 3. The minimum absolute atomic E-state index is 0.126. The van der Waals surface area contributed by atoms with Crippen molar-refractivity contribution in [1.82, 2.24) is 20.0 Å². The molecular formula is C12H18N4O2. The zero-order chi connectivity index (χ0) is 13.3. The first-order valence-electron chi connectivity index (χ1n) is 6.08. The molecule has 1 aliphatic heterocycles. The minimum atomic E-state index is -0.396. The molecule has 1 aromatic rings. The molecule has 2 heterocycles. The number of hydrogen-bond donors (Lipinski definition) is 1. The lowest BCUT2D eigenvalue weighted by molar-refractivity contribution is -0.137. The maximum atomic E-state index is 11.7. The number of amides is 2. The lowest BCUT2D eigenvalue weighted by Gasteiger charge is -2.10. The Morgan fingerprint density at radius 3 is 2.72 bits per heavy atom. The van der Waals surface area contributed by atoms with E-state index in [4.69, 9.17) is 0 Å². The zero-order valence-electron chi connectivity index (χ0n) is 10.9. The molecule has 1 atom stereocenters. The molecule has 0 aliphatic carbocycles. The predicted octanol–water partition coefficient (Wildman–Crippen LogP) is -0.171. The molecule has 2 rings (SSSR count). The number of aryl methyl sites for hydroxylation is 2. The molecule has 0 saturated carbocycles. The van der Waals surface area contributed by atoms with Crippen LogP contribution in [0.4, 0.5) is 0 Å². The number of imide groups is 1. The van der Waals surface area contributed by atoms with Crippen molar-refractivity contribution >= 4 is 11.8 Å². The molecule has 1 aliphatic rings. The molecule has 0 spiro atoms. The van der Waals surface area contributed by atoms with E-state index in [9.17, 15) is 9.59 Å². The highest BCUT2D eigenvalue weighted by Gasteiger charge is 2.35. The Kier molecular flexibility index (Phi) is 3.47. The van der Waals surface area contributed by atoms with Gasteiger partial charge in [0, 0.05) is 32.4 Å². The number of likely N-dealkylation sites (N-methyl/N-ethyl adjacent to an activating group) is 1. The summed E-state index contributed by atoms with van der Waals surface area (Å²) in [5, 5.41) is 7.47. The van der Waals surface area contributed by atoms with E-state index >= 15 is 0 Å². The van der Waals surface area contributed by atoms with Gasteiger partial charge in [-0.15, -0.1) is 0 Å². The average Bonchev–Trinajstić information content (AvgIpc) is 2.82. The SMILES string of the molecule is CCc1nn(C)cc1CNC1CC(=O)N(C)C1=O. The number of nitrogens with one attached hydrogen (secondary N) is 1. The number of carbonyl (C=O) groups is 2. The summed E-state index contributed by atoms with van der Waals surface area (Å²) in [5.74, 6) is -0.277. The van der Waals surface area contributed by atoms with Gasteiger partial charge in [0.25, 0.3) is 0 Å². The summed E-state index contributed by atoms with van der Waals surface area (Å²) in [7, 11) is 3.40. The molecule has 1 aromatic heterocycles. The fourth-order valence-electron chi connectivity index (χ4n) is 2.18. The van der Waals surface area contributed by atoms with Gasteiger partial charge in [-0.05, 0) is 6.42 Å². The monoisotopic (exact) mass is 250 g/mol. The van der Waals surface area contributed by atoms with Crippen molar-refractivity contribution in [1.29, 1.82) is 0 Å². The normalized spacial score (nSPS) is 19.9. The van der Waals surface area contributed by atoms with Crippen molar-refractivity contribution in [3.05, 3.63) is 17.5 Å². The third-order valence-electron chi connectivity index (χ3n) is 3.25. The van der Waals surface area contributed by atoms with Crippen LogP contribution in [0.15, 0.2) is 6.20 Å². The Morgan fingerprint density at radius 1 is 1.44 bits per heavy atom. The van der Waals surface area contributed by atoms with E-state index in [0.29, 0.717) is 6.54 Å². The fraction of sp³-hybridized carbons (Fsp3) is 0.583. The van der Waals surface area contributed by atoms with E-state index in [0.717, 1.165) is 17.7 Å². The van der Waals surface area contributed by atoms with E-state index < -0.39 is 6.04 Å². The molecular weight excluding hydrogens is 232 g/mol. The topological polar surface area (TPSA) is 67.2 Å². The van der Waals surface area contributed by atoms with Crippen molar-refractivity contribution in [3.8, 4) is 0 Å². The highest BCUT2D eigenvalue weighted by Crippen LogP contribution is 2.13. The second-order valence-corrected chi connectivity index (χ2v) is 4.56. The van der Waals surface area contributed by atoms with Crippen molar-refractivity contribution in [2.45, 2.75) is 32.4 Å². The number of carbonyl (C=O) groups excluding carboxylic acids is 2. The van der Waals surface area contributed by atoms with Gasteiger partial charge in [0.2, 0.25) is 11.8 Å². The summed E-state index contributed by atoms with van der Waals surface area (Å²) in [6.45, 7) is 2.61. The Morgan fingerprint density at radius 2 is 2.17 bits per heavy atom. The van der Waals surface area contributed by atoms with Crippen LogP contribution < -0.4 is 5.32 Å². The first kappa shape index (κ1) is 12.8. The van der Waals surface area contributed by atoms with Gasteiger partial charge in [0.1, 0.15) is 0 Å². The van der Waals surface area contributed by atoms with Gasteiger partial charge in [-0.2, -0.15) is 5.10 Å². The molecule has 1 fully saturated rings. The highest BCUT2D eigenvalue weighted by molar-refractivity contribution is 6.05. The molecule has 0 radical (unpaired) electrons. The van der Waals surface area contributed by atoms with Gasteiger partial charge in [0.15, 0.2) is 0 Å². The second kappa shape index (κ2) is 4.89. The van der Waals surface area contributed by atoms with Crippen molar-refractivity contribution in [2.24, 2.45) is 7.05 Å². The lowest BCUT2D eigenvalue weighted by Crippen LogP contribution is -2.36. The van der Waals surface area contributed by atoms with E-state index in [1.54, 1.807) is 4.68 Å². The van der Waals surface area contributed by atoms with Gasteiger partial charge < -0.3 is 5.32 Å². The maximum Gasteiger partial charge on any atom is 0.246 e. The molecule has 6 nitrogen and oxygen atoms in total. The van der Waals surface area contributed by atoms with Crippen molar-refractivity contribution in [2.75, 3.05) is 7.05 Å². The first-order chi connectivity index (χ1) is 8.52. The highest BCUT2D eigenvalue weighted by atomic mass is 16.2. The Bertz CT molecular complexity index is 480. The Balaban J connectivity index is 2.00. The smallest absolute Gasteiger partial charge is 0.246 e. The second-order valence-electron chi connectivity index (χ2n) is 4.56. The lowest BCUT2D eigenvalue weighted by atomic mass is 10.2. The van der Waals surface area contributed by atoms with Gasteiger partial charge in [-0.25, -0.2) is 0 Å². The van der Waals surface area contributed by atoms with E-state index in [-0.39, 0.29) is 18.2 Å². The minimum Gasteiger partial charge on any atom is -0.301 e. The fourth-order valence-corrected chi connectivity index (χ4v) is 2.18. The summed E-state index contributed by atoms with van der Waals surface area (Å²) in [6, 6.07) is -0.396. The molecule has 18 heavy (non-hydrogen) atoms. The van der Waals surface area contributed by atoms with Crippen LogP contribution in [0.25, 0.3) is 0 Å². The molecule has 1 unspecified atom stereocenters. The van der Waals surface area contributed by atoms with Crippen LogP contribution in [0.3, 0.4) is 0 Å². The standard InChI is InChI=1S/C12H18N4O2/c1-4-9-8(7-15(2)14-9)6-13-10-5-11(17)16(3)12(10)18/h7,10,13H,4-6H2,1-3H3. The Hall–Kier alpha value is -1.69. The average molecular weight is 250 g/mol. The largest absolute Gasteiger partial charge is 0.301 e. The summed E-state index contributed by atoms with van der Waals surface area (Å²) in [6.07, 6.45) is 3.04. The quantitative estimate of drug-likeness (QED) is 0.753. The summed E-state index contributed by atoms with van der Waals surface area (Å²) >= 11 is 0. The molecule has 2 amide bonds. The number of rotatable bonds is 4. The molecule has 6 heteroatoms.